The van der Waals surface area contributed by atoms with E-state index in [1.54, 1.807) is 14.0 Å². The van der Waals surface area contributed by atoms with Crippen molar-refractivity contribution in [3.8, 4) is 0 Å². The van der Waals surface area contributed by atoms with Gasteiger partial charge in [0.1, 0.15) is 10.5 Å². The molecule has 6 nitrogen and oxygen atoms in total. The van der Waals surface area contributed by atoms with Crippen molar-refractivity contribution in [2.45, 2.75) is 39.3 Å². The molecule has 1 aromatic rings. The number of anilines is 1. The Balaban J connectivity index is 2.83. The SMILES string of the molecule is CC(Nc1cnn(C)c(=O)c1Br)C(=O)NC(C)(C)C. The van der Waals surface area contributed by atoms with Crippen molar-refractivity contribution < 1.29 is 4.79 Å². The zero-order valence-electron chi connectivity index (χ0n) is 11.7. The fraction of sp³-hybridized carbons (Fsp3) is 0.583. The van der Waals surface area contributed by atoms with E-state index in [9.17, 15) is 9.59 Å². The summed E-state index contributed by atoms with van der Waals surface area (Å²) in [4.78, 5) is 23.6. The lowest BCUT2D eigenvalue weighted by molar-refractivity contribution is -0.122. The average Bonchev–Trinajstić information content (AvgIpc) is 2.27. The maximum Gasteiger partial charge on any atom is 0.282 e. The summed E-state index contributed by atoms with van der Waals surface area (Å²) in [6.45, 7) is 7.46. The minimum atomic E-state index is -0.468. The topological polar surface area (TPSA) is 76.0 Å². The minimum absolute atomic E-state index is 0.139. The summed E-state index contributed by atoms with van der Waals surface area (Å²) in [6, 6.07) is -0.468. The van der Waals surface area contributed by atoms with Gasteiger partial charge in [-0.15, -0.1) is 0 Å². The number of amides is 1. The van der Waals surface area contributed by atoms with Crippen LogP contribution in [-0.4, -0.2) is 27.3 Å². The standard InChI is InChI=1S/C12H19BrN4O2/c1-7(10(18)16-12(2,3)4)15-8-6-14-17(5)11(19)9(8)13/h6-7,15H,1-5H3,(H,16,18). The molecular weight excluding hydrogens is 312 g/mol. The van der Waals surface area contributed by atoms with Crippen molar-refractivity contribution in [3.05, 3.63) is 21.0 Å². The van der Waals surface area contributed by atoms with Gasteiger partial charge in [-0.2, -0.15) is 5.10 Å². The number of rotatable bonds is 3. The number of carbonyl (C=O) groups is 1. The number of nitrogens with zero attached hydrogens (tertiary/aromatic N) is 2. The first kappa shape index (κ1) is 15.7. The van der Waals surface area contributed by atoms with Crippen LogP contribution in [-0.2, 0) is 11.8 Å². The summed E-state index contributed by atoms with van der Waals surface area (Å²) in [7, 11) is 1.56. The smallest absolute Gasteiger partial charge is 0.282 e. The van der Waals surface area contributed by atoms with Crippen molar-refractivity contribution in [2.24, 2.45) is 7.05 Å². The van der Waals surface area contributed by atoms with Gasteiger partial charge < -0.3 is 10.6 Å². The zero-order chi connectivity index (χ0) is 14.8. The highest BCUT2D eigenvalue weighted by atomic mass is 79.9. The Hall–Kier alpha value is -1.37. The van der Waals surface area contributed by atoms with Gasteiger partial charge in [0.2, 0.25) is 5.91 Å². The van der Waals surface area contributed by atoms with Gasteiger partial charge in [0, 0.05) is 12.6 Å². The van der Waals surface area contributed by atoms with Crippen LogP contribution in [0.25, 0.3) is 0 Å². The third-order valence-electron chi connectivity index (χ3n) is 2.34. The molecule has 1 aromatic heterocycles. The predicted molar refractivity (Wildman–Crippen MR) is 78.2 cm³/mol. The van der Waals surface area contributed by atoms with E-state index in [1.165, 1.54) is 10.9 Å². The van der Waals surface area contributed by atoms with Crippen LogP contribution < -0.4 is 16.2 Å². The molecule has 106 valence electrons. The van der Waals surface area contributed by atoms with Gasteiger partial charge in [-0.05, 0) is 43.6 Å². The van der Waals surface area contributed by atoms with Gasteiger partial charge in [0.05, 0.1) is 11.9 Å². The molecular formula is C12H19BrN4O2. The molecule has 1 unspecified atom stereocenters. The van der Waals surface area contributed by atoms with Crippen molar-refractivity contribution in [3.63, 3.8) is 0 Å². The van der Waals surface area contributed by atoms with E-state index in [0.717, 1.165) is 0 Å². The Labute approximate surface area is 120 Å². The molecule has 0 bridgehead atoms. The maximum atomic E-state index is 11.9. The highest BCUT2D eigenvalue weighted by Gasteiger charge is 2.20. The molecule has 7 heteroatoms. The van der Waals surface area contributed by atoms with Gasteiger partial charge in [-0.25, -0.2) is 4.68 Å². The lowest BCUT2D eigenvalue weighted by Crippen LogP contribution is -2.47. The highest BCUT2D eigenvalue weighted by molar-refractivity contribution is 9.10. The number of hydrogen-bond acceptors (Lipinski definition) is 4. The molecule has 0 aliphatic carbocycles. The average molecular weight is 331 g/mol. The first-order chi connectivity index (χ1) is 8.61. The molecule has 0 saturated carbocycles. The molecule has 1 amide bonds. The first-order valence-electron chi connectivity index (χ1n) is 5.92. The fourth-order valence-electron chi connectivity index (χ4n) is 1.39. The van der Waals surface area contributed by atoms with Crippen molar-refractivity contribution >= 4 is 27.5 Å². The predicted octanol–water partition coefficient (Wildman–Crippen LogP) is 1.26. The third kappa shape index (κ3) is 4.34. The second-order valence-corrected chi connectivity index (χ2v) is 6.20. The van der Waals surface area contributed by atoms with E-state index < -0.39 is 6.04 Å². The van der Waals surface area contributed by atoms with Gasteiger partial charge in [0.15, 0.2) is 0 Å². The summed E-state index contributed by atoms with van der Waals surface area (Å²) in [5.74, 6) is -0.139. The molecule has 2 N–H and O–H groups in total. The van der Waals surface area contributed by atoms with Gasteiger partial charge in [-0.1, -0.05) is 0 Å². The summed E-state index contributed by atoms with van der Waals surface area (Å²) in [6.07, 6.45) is 1.51. The van der Waals surface area contributed by atoms with E-state index in [2.05, 4.69) is 31.7 Å². The monoisotopic (exact) mass is 330 g/mol. The number of carbonyl (C=O) groups excluding carboxylic acids is 1. The number of aromatic nitrogens is 2. The third-order valence-corrected chi connectivity index (χ3v) is 3.11. The second-order valence-electron chi connectivity index (χ2n) is 5.41. The largest absolute Gasteiger partial charge is 0.372 e. The molecule has 19 heavy (non-hydrogen) atoms. The summed E-state index contributed by atoms with van der Waals surface area (Å²) in [5, 5.41) is 9.74. The van der Waals surface area contributed by atoms with Crippen LogP contribution in [0.1, 0.15) is 27.7 Å². The lowest BCUT2D eigenvalue weighted by atomic mass is 10.1. The van der Waals surface area contributed by atoms with Crippen LogP contribution in [0, 0.1) is 0 Å². The van der Waals surface area contributed by atoms with Crippen LogP contribution >= 0.6 is 15.9 Å². The van der Waals surface area contributed by atoms with E-state index in [1.807, 2.05) is 20.8 Å². The number of hydrogen-bond donors (Lipinski definition) is 2. The number of aryl methyl sites for hydroxylation is 1. The highest BCUT2D eigenvalue weighted by Crippen LogP contribution is 2.17. The fourth-order valence-corrected chi connectivity index (χ4v) is 1.86. The van der Waals surface area contributed by atoms with Crippen LogP contribution in [0.2, 0.25) is 0 Å². The number of nitrogens with one attached hydrogen (secondary N) is 2. The van der Waals surface area contributed by atoms with Crippen LogP contribution in [0.15, 0.2) is 15.5 Å². The van der Waals surface area contributed by atoms with Gasteiger partial charge >= 0.3 is 0 Å². The van der Waals surface area contributed by atoms with Crippen molar-refractivity contribution in [2.75, 3.05) is 5.32 Å². The van der Waals surface area contributed by atoms with Crippen LogP contribution in [0.3, 0.4) is 0 Å². The zero-order valence-corrected chi connectivity index (χ0v) is 13.3. The summed E-state index contributed by atoms with van der Waals surface area (Å²) in [5.41, 5.74) is -0.0527. The van der Waals surface area contributed by atoms with Gasteiger partial charge in [0.25, 0.3) is 5.56 Å². The van der Waals surface area contributed by atoms with Crippen LogP contribution in [0.5, 0.6) is 0 Å². The molecule has 0 radical (unpaired) electrons. The van der Waals surface area contributed by atoms with Crippen LogP contribution in [0.4, 0.5) is 5.69 Å². The van der Waals surface area contributed by atoms with Crippen molar-refractivity contribution in [1.29, 1.82) is 0 Å². The Morgan fingerprint density at radius 1 is 1.47 bits per heavy atom. The molecule has 0 saturated heterocycles. The van der Waals surface area contributed by atoms with E-state index >= 15 is 0 Å². The maximum absolute atomic E-state index is 11.9. The minimum Gasteiger partial charge on any atom is -0.372 e. The molecule has 1 heterocycles. The van der Waals surface area contributed by atoms with Crippen molar-refractivity contribution in [1.82, 2.24) is 15.1 Å². The normalized spacial score (nSPS) is 12.9. The molecule has 0 aliphatic heterocycles. The second kappa shape index (κ2) is 5.73. The summed E-state index contributed by atoms with van der Waals surface area (Å²) < 4.78 is 1.58. The Bertz CT molecular complexity index is 534. The molecule has 0 fully saturated rings. The molecule has 1 atom stereocenters. The quantitative estimate of drug-likeness (QED) is 0.874. The Kier molecular flexibility index (Phi) is 4.73. The Morgan fingerprint density at radius 3 is 2.58 bits per heavy atom. The van der Waals surface area contributed by atoms with E-state index in [0.29, 0.717) is 10.2 Å². The molecule has 0 aliphatic rings. The molecule has 1 rings (SSSR count). The van der Waals surface area contributed by atoms with E-state index in [4.69, 9.17) is 0 Å². The van der Waals surface area contributed by atoms with E-state index in [-0.39, 0.29) is 17.0 Å². The lowest BCUT2D eigenvalue weighted by Gasteiger charge is -2.24. The van der Waals surface area contributed by atoms with Gasteiger partial charge in [-0.3, -0.25) is 9.59 Å². The first-order valence-corrected chi connectivity index (χ1v) is 6.71. The molecule has 0 spiro atoms. The number of halogens is 1. The Morgan fingerprint density at radius 2 is 2.05 bits per heavy atom. The summed E-state index contributed by atoms with van der Waals surface area (Å²) >= 11 is 3.20. The molecule has 0 aromatic carbocycles.